The number of hydrogen-bond acceptors (Lipinski definition) is 4. The molecule has 4 aliphatic rings. The van der Waals surface area contributed by atoms with Crippen molar-refractivity contribution in [2.75, 3.05) is 0 Å². The van der Waals surface area contributed by atoms with Gasteiger partial charge >= 0.3 is 0 Å². The van der Waals surface area contributed by atoms with Crippen molar-refractivity contribution in [1.82, 2.24) is 9.13 Å². The monoisotopic (exact) mass is 598 g/mol. The molecule has 0 radical (unpaired) electrons. The lowest BCUT2D eigenvalue weighted by Crippen LogP contribution is -2.18. The zero-order valence-electron chi connectivity index (χ0n) is 25.7. The summed E-state index contributed by atoms with van der Waals surface area (Å²) in [7, 11) is 0. The quantitative estimate of drug-likeness (QED) is 0.154. The van der Waals surface area contributed by atoms with Gasteiger partial charge in [-0.25, -0.2) is 0 Å². The van der Waals surface area contributed by atoms with Gasteiger partial charge in [-0.3, -0.25) is 9.13 Å². The molecule has 4 aromatic rings. The Morgan fingerprint density at radius 1 is 0.644 bits per heavy atom. The summed E-state index contributed by atoms with van der Waals surface area (Å²) in [6, 6.07) is 15.8. The predicted molar refractivity (Wildman–Crippen MR) is 176 cm³/mol. The van der Waals surface area contributed by atoms with Gasteiger partial charge in [0.2, 0.25) is 23.5 Å². The number of nitrogens with zero attached hydrogens (tertiary/aromatic N) is 2. The second-order valence-electron chi connectivity index (χ2n) is 14.0. The maximum atomic E-state index is 11.4. The van der Waals surface area contributed by atoms with Crippen LogP contribution >= 0.6 is 0 Å². The molecular formula is C39H38N2O4. The minimum Gasteiger partial charge on any atom is -0.494 e. The van der Waals surface area contributed by atoms with Gasteiger partial charge in [0, 0.05) is 44.9 Å². The molecule has 0 fully saturated rings. The van der Waals surface area contributed by atoms with Gasteiger partial charge < -0.3 is 20.4 Å². The van der Waals surface area contributed by atoms with E-state index in [2.05, 4.69) is 37.5 Å². The summed E-state index contributed by atoms with van der Waals surface area (Å²) in [4.78, 5) is 0. The Hall–Kier alpha value is -4.84. The molecule has 228 valence electrons. The Bertz CT molecular complexity index is 1840. The summed E-state index contributed by atoms with van der Waals surface area (Å²) >= 11 is 0. The molecule has 4 aliphatic carbocycles. The summed E-state index contributed by atoms with van der Waals surface area (Å²) in [6.07, 6.45) is 12.6. The number of fused-ring (bicyclic) bond motifs is 10. The Morgan fingerprint density at radius 3 is 1.38 bits per heavy atom. The Kier molecular flexibility index (Phi) is 5.74. The standard InChI is InChI=1S/C39H38N2O4/c1-22(2)18-38-15-13-26(20-38)30-32(38)36(44)40(34(30)42)28-9-5-24(6-10-28)17-25-7-11-29(12-8-25)41-35(43)31-27-14-16-39(21-27,19-23(3)4)33(31)37(41)45/h5-16,26-27,42-45H,1,3,17-21H2,2,4H3. The second kappa shape index (κ2) is 9.33. The van der Waals surface area contributed by atoms with E-state index in [1.165, 1.54) is 0 Å². The highest BCUT2D eigenvalue weighted by molar-refractivity contribution is 5.67. The first-order valence-electron chi connectivity index (χ1n) is 15.7. The second-order valence-corrected chi connectivity index (χ2v) is 14.0. The Morgan fingerprint density at radius 2 is 1.02 bits per heavy atom. The number of benzene rings is 2. The average molecular weight is 599 g/mol. The summed E-state index contributed by atoms with van der Waals surface area (Å²) in [5.41, 5.74) is 8.42. The lowest BCUT2D eigenvalue weighted by atomic mass is 9.78. The number of aromatic nitrogens is 2. The molecule has 6 nitrogen and oxygen atoms in total. The molecule has 4 bridgehead atoms. The van der Waals surface area contributed by atoms with Gasteiger partial charge in [-0.15, -0.1) is 13.2 Å². The summed E-state index contributed by atoms with van der Waals surface area (Å²) in [5, 5.41) is 45.2. The maximum Gasteiger partial charge on any atom is 0.203 e. The van der Waals surface area contributed by atoms with Gasteiger partial charge in [0.25, 0.3) is 0 Å². The Labute approximate surface area is 263 Å². The van der Waals surface area contributed by atoms with E-state index < -0.39 is 0 Å². The third kappa shape index (κ3) is 3.81. The van der Waals surface area contributed by atoms with Crippen molar-refractivity contribution in [3.63, 3.8) is 0 Å². The first kappa shape index (κ1) is 27.7. The molecular weight excluding hydrogens is 560 g/mol. The van der Waals surface area contributed by atoms with E-state index in [1.807, 2.05) is 62.4 Å². The molecule has 4 atom stereocenters. The van der Waals surface area contributed by atoms with Crippen molar-refractivity contribution in [2.45, 2.75) is 68.6 Å². The van der Waals surface area contributed by atoms with Crippen LogP contribution in [-0.4, -0.2) is 29.6 Å². The molecule has 0 amide bonds. The molecule has 2 aromatic carbocycles. The minimum absolute atomic E-state index is 0.106. The van der Waals surface area contributed by atoms with Gasteiger partial charge in [-0.1, -0.05) is 59.7 Å². The predicted octanol–water partition coefficient (Wildman–Crippen LogP) is 8.20. The summed E-state index contributed by atoms with van der Waals surface area (Å²) in [5.74, 6) is 0.650. The highest BCUT2D eigenvalue weighted by Gasteiger charge is 2.52. The van der Waals surface area contributed by atoms with Gasteiger partial charge in [0.15, 0.2) is 0 Å². The molecule has 4 N–H and O–H groups in total. The van der Waals surface area contributed by atoms with Crippen LogP contribution in [0.5, 0.6) is 23.5 Å². The van der Waals surface area contributed by atoms with Crippen molar-refractivity contribution >= 4 is 0 Å². The van der Waals surface area contributed by atoms with Crippen molar-refractivity contribution in [3.05, 3.63) is 131 Å². The summed E-state index contributed by atoms with van der Waals surface area (Å²) < 4.78 is 3.12. The summed E-state index contributed by atoms with van der Waals surface area (Å²) in [6.45, 7) is 12.2. The number of allylic oxidation sites excluding steroid dienone is 6. The van der Waals surface area contributed by atoms with Crippen LogP contribution in [0.2, 0.25) is 0 Å². The average Bonchev–Trinajstić information content (AvgIpc) is 3.81. The molecule has 2 heterocycles. The van der Waals surface area contributed by atoms with Crippen molar-refractivity contribution in [2.24, 2.45) is 0 Å². The Balaban J connectivity index is 1.04. The highest BCUT2D eigenvalue weighted by atomic mass is 16.3. The number of aromatic hydroxyl groups is 4. The van der Waals surface area contributed by atoms with Crippen LogP contribution < -0.4 is 0 Å². The minimum atomic E-state index is -0.304. The van der Waals surface area contributed by atoms with Crippen molar-refractivity contribution in [1.29, 1.82) is 0 Å². The fourth-order valence-corrected chi connectivity index (χ4v) is 9.01. The molecule has 0 saturated heterocycles. The lowest BCUT2D eigenvalue weighted by Gasteiger charge is -2.25. The van der Waals surface area contributed by atoms with E-state index in [-0.39, 0.29) is 46.2 Å². The van der Waals surface area contributed by atoms with Gasteiger partial charge in [0.05, 0.1) is 11.4 Å². The smallest absolute Gasteiger partial charge is 0.203 e. The molecule has 4 unspecified atom stereocenters. The number of rotatable bonds is 8. The van der Waals surface area contributed by atoms with Gasteiger partial charge in [-0.2, -0.15) is 0 Å². The third-order valence-electron chi connectivity index (χ3n) is 10.5. The van der Waals surface area contributed by atoms with Crippen LogP contribution in [0.15, 0.2) is 97.1 Å². The lowest BCUT2D eigenvalue weighted by molar-refractivity contribution is 0.385. The molecule has 0 aliphatic heterocycles. The zero-order valence-corrected chi connectivity index (χ0v) is 25.7. The van der Waals surface area contributed by atoms with E-state index in [0.717, 1.165) is 70.2 Å². The fourth-order valence-electron chi connectivity index (χ4n) is 9.01. The van der Waals surface area contributed by atoms with Crippen LogP contribution in [0.3, 0.4) is 0 Å². The topological polar surface area (TPSA) is 90.8 Å². The van der Waals surface area contributed by atoms with Crippen LogP contribution in [0.1, 0.15) is 84.7 Å². The molecule has 45 heavy (non-hydrogen) atoms. The molecule has 6 heteroatoms. The van der Waals surface area contributed by atoms with Crippen LogP contribution in [0.4, 0.5) is 0 Å². The normalized spacial score (nSPS) is 24.8. The van der Waals surface area contributed by atoms with E-state index in [1.54, 1.807) is 9.13 Å². The third-order valence-corrected chi connectivity index (χ3v) is 10.5. The largest absolute Gasteiger partial charge is 0.494 e. The van der Waals surface area contributed by atoms with E-state index >= 15 is 0 Å². The van der Waals surface area contributed by atoms with E-state index in [4.69, 9.17) is 0 Å². The maximum absolute atomic E-state index is 11.4. The van der Waals surface area contributed by atoms with Crippen molar-refractivity contribution < 1.29 is 20.4 Å². The molecule has 0 spiro atoms. The number of hydrogen-bond donors (Lipinski definition) is 4. The van der Waals surface area contributed by atoms with E-state index in [9.17, 15) is 20.4 Å². The molecule has 2 aromatic heterocycles. The molecule has 0 saturated carbocycles. The van der Waals surface area contributed by atoms with Crippen LogP contribution in [-0.2, 0) is 17.3 Å². The first-order valence-corrected chi connectivity index (χ1v) is 15.7. The SMILES string of the molecule is C=C(C)CC12C=CC(C1)c1c2c(O)n(-c2ccc(Cc3ccc(-n4c(O)c5c(c4O)C4(CC(=C)C)C=CC5C4)cc3)cc2)c1O. The fraction of sp³-hybridized carbons (Fsp3) is 0.282. The zero-order chi connectivity index (χ0) is 31.4. The van der Waals surface area contributed by atoms with Crippen LogP contribution in [0, 0.1) is 0 Å². The van der Waals surface area contributed by atoms with E-state index in [0.29, 0.717) is 17.8 Å². The first-order chi connectivity index (χ1) is 21.5. The van der Waals surface area contributed by atoms with Gasteiger partial charge in [-0.05, 0) is 81.3 Å². The van der Waals surface area contributed by atoms with Gasteiger partial charge in [0.1, 0.15) is 0 Å². The van der Waals surface area contributed by atoms with Crippen LogP contribution in [0.25, 0.3) is 11.4 Å². The highest BCUT2D eigenvalue weighted by Crippen LogP contribution is 2.63. The van der Waals surface area contributed by atoms with Crippen molar-refractivity contribution in [3.8, 4) is 34.9 Å². The molecule has 8 rings (SSSR count).